The van der Waals surface area contributed by atoms with Crippen LogP contribution in [-0.4, -0.2) is 21.7 Å². The summed E-state index contributed by atoms with van der Waals surface area (Å²) in [5, 5.41) is 11.5. The van der Waals surface area contributed by atoms with Crippen molar-refractivity contribution in [3.63, 3.8) is 0 Å². The fraction of sp³-hybridized carbons (Fsp3) is 0.211. The van der Waals surface area contributed by atoms with Crippen molar-refractivity contribution in [2.45, 2.75) is 20.8 Å². The summed E-state index contributed by atoms with van der Waals surface area (Å²) in [6.07, 6.45) is 1.69. The number of hydrogen-bond donors (Lipinski definition) is 1. The van der Waals surface area contributed by atoms with Crippen molar-refractivity contribution in [3.05, 3.63) is 65.9 Å². The maximum absolute atomic E-state index is 4.63. The molecule has 3 rings (SSSR count). The van der Waals surface area contributed by atoms with Gasteiger partial charge in [0.25, 0.3) is 0 Å². The largest absolute Gasteiger partial charge is 0.325 e. The average molecular weight is 319 g/mol. The number of aromatic nitrogens is 3. The minimum absolute atomic E-state index is 0.496. The minimum Gasteiger partial charge on any atom is -0.325 e. The Bertz CT molecular complexity index is 817. The molecule has 0 atom stereocenters. The highest BCUT2D eigenvalue weighted by atomic mass is 15.3. The molecule has 0 aliphatic heterocycles. The molecule has 1 aromatic heterocycles. The van der Waals surface area contributed by atoms with Gasteiger partial charge in [-0.05, 0) is 50.1 Å². The van der Waals surface area contributed by atoms with Crippen molar-refractivity contribution in [1.82, 2.24) is 15.2 Å². The SMILES string of the molecule is CCN(c1ccccc1)c1cnnc(Nc2cc(C)ccc2C)n1. The second kappa shape index (κ2) is 7.08. The Morgan fingerprint density at radius 2 is 1.83 bits per heavy atom. The lowest BCUT2D eigenvalue weighted by atomic mass is 10.1. The molecule has 2 aromatic carbocycles. The van der Waals surface area contributed by atoms with Crippen LogP contribution >= 0.6 is 0 Å². The van der Waals surface area contributed by atoms with E-state index in [2.05, 4.69) is 76.5 Å². The van der Waals surface area contributed by atoms with Crippen molar-refractivity contribution in [2.24, 2.45) is 0 Å². The molecule has 0 amide bonds. The molecule has 0 unspecified atom stereocenters. The summed E-state index contributed by atoms with van der Waals surface area (Å²) in [6, 6.07) is 16.4. The highest BCUT2D eigenvalue weighted by Gasteiger charge is 2.11. The molecule has 0 saturated carbocycles. The van der Waals surface area contributed by atoms with E-state index in [9.17, 15) is 0 Å². The Morgan fingerprint density at radius 3 is 2.58 bits per heavy atom. The number of hydrogen-bond acceptors (Lipinski definition) is 5. The summed E-state index contributed by atoms with van der Waals surface area (Å²) < 4.78 is 0. The molecule has 1 N–H and O–H groups in total. The number of nitrogens with zero attached hydrogens (tertiary/aromatic N) is 4. The second-order valence-electron chi connectivity index (χ2n) is 5.66. The highest BCUT2D eigenvalue weighted by Crippen LogP contribution is 2.24. The van der Waals surface area contributed by atoms with Gasteiger partial charge in [-0.3, -0.25) is 0 Å². The predicted octanol–water partition coefficient (Wildman–Crippen LogP) is 4.39. The number of aryl methyl sites for hydroxylation is 2. The van der Waals surface area contributed by atoms with Gasteiger partial charge in [0.1, 0.15) is 0 Å². The zero-order chi connectivity index (χ0) is 16.9. The molecular formula is C19H21N5. The molecule has 3 aromatic rings. The molecular weight excluding hydrogens is 298 g/mol. The van der Waals surface area contributed by atoms with E-state index >= 15 is 0 Å². The summed E-state index contributed by atoms with van der Waals surface area (Å²) in [7, 11) is 0. The quantitative estimate of drug-likeness (QED) is 0.756. The smallest absolute Gasteiger partial charge is 0.249 e. The van der Waals surface area contributed by atoms with Crippen molar-refractivity contribution >= 4 is 23.1 Å². The fourth-order valence-electron chi connectivity index (χ4n) is 2.55. The van der Waals surface area contributed by atoms with E-state index in [1.165, 1.54) is 5.56 Å². The van der Waals surface area contributed by atoms with E-state index < -0.39 is 0 Å². The second-order valence-corrected chi connectivity index (χ2v) is 5.66. The van der Waals surface area contributed by atoms with Gasteiger partial charge in [-0.2, -0.15) is 10.1 Å². The topological polar surface area (TPSA) is 53.9 Å². The third kappa shape index (κ3) is 3.51. The molecule has 122 valence electrons. The highest BCUT2D eigenvalue weighted by molar-refractivity contribution is 5.63. The summed E-state index contributed by atoms with van der Waals surface area (Å²) >= 11 is 0. The van der Waals surface area contributed by atoms with Crippen LogP contribution in [0.25, 0.3) is 0 Å². The molecule has 5 nitrogen and oxygen atoms in total. The molecule has 0 fully saturated rings. The molecule has 24 heavy (non-hydrogen) atoms. The van der Waals surface area contributed by atoms with Gasteiger partial charge in [0.15, 0.2) is 5.82 Å². The van der Waals surface area contributed by atoms with Gasteiger partial charge in [0.2, 0.25) is 5.95 Å². The molecule has 0 bridgehead atoms. The summed E-state index contributed by atoms with van der Waals surface area (Å²) in [6.45, 7) is 7.01. The first-order valence-electron chi connectivity index (χ1n) is 8.04. The summed E-state index contributed by atoms with van der Waals surface area (Å²) in [5.74, 6) is 1.27. The Morgan fingerprint density at radius 1 is 1.04 bits per heavy atom. The maximum atomic E-state index is 4.63. The van der Waals surface area contributed by atoms with Gasteiger partial charge < -0.3 is 10.2 Å². The third-order valence-corrected chi connectivity index (χ3v) is 3.85. The summed E-state index contributed by atoms with van der Waals surface area (Å²) in [5.41, 5.74) is 4.41. The Labute approximate surface area is 142 Å². The van der Waals surface area contributed by atoms with Gasteiger partial charge in [0, 0.05) is 17.9 Å². The molecule has 5 heteroatoms. The van der Waals surface area contributed by atoms with Crippen LogP contribution in [-0.2, 0) is 0 Å². The Hall–Kier alpha value is -2.95. The van der Waals surface area contributed by atoms with Crippen LogP contribution in [0.3, 0.4) is 0 Å². The lowest BCUT2D eigenvalue weighted by molar-refractivity contribution is 0.922. The van der Waals surface area contributed by atoms with Gasteiger partial charge in [-0.15, -0.1) is 5.10 Å². The number of rotatable bonds is 5. The number of anilines is 4. The van der Waals surface area contributed by atoms with Gasteiger partial charge in [-0.25, -0.2) is 0 Å². The first-order chi connectivity index (χ1) is 11.7. The Kier molecular flexibility index (Phi) is 4.70. The first-order valence-corrected chi connectivity index (χ1v) is 8.04. The van der Waals surface area contributed by atoms with Crippen LogP contribution in [0.4, 0.5) is 23.1 Å². The maximum Gasteiger partial charge on any atom is 0.249 e. The zero-order valence-corrected chi connectivity index (χ0v) is 14.2. The Balaban J connectivity index is 1.90. The molecule has 0 radical (unpaired) electrons. The monoisotopic (exact) mass is 319 g/mol. The van der Waals surface area contributed by atoms with E-state index in [1.54, 1.807) is 6.20 Å². The van der Waals surface area contributed by atoms with E-state index in [4.69, 9.17) is 0 Å². The number of benzene rings is 2. The molecule has 0 spiro atoms. The van der Waals surface area contributed by atoms with Crippen LogP contribution < -0.4 is 10.2 Å². The molecule has 0 aliphatic carbocycles. The van der Waals surface area contributed by atoms with Crippen LogP contribution in [0.1, 0.15) is 18.1 Å². The standard InChI is InChI=1S/C19H21N5/c1-4-24(16-8-6-5-7-9-16)18-13-20-23-19(22-18)21-17-12-14(2)10-11-15(17)3/h5-13H,4H2,1-3H3,(H,21,22,23). The normalized spacial score (nSPS) is 10.5. The van der Waals surface area contributed by atoms with Crippen LogP contribution in [0, 0.1) is 13.8 Å². The lowest BCUT2D eigenvalue weighted by Gasteiger charge is -2.21. The van der Waals surface area contributed by atoms with E-state index in [0.29, 0.717) is 5.95 Å². The van der Waals surface area contributed by atoms with Crippen molar-refractivity contribution in [3.8, 4) is 0 Å². The van der Waals surface area contributed by atoms with E-state index in [1.807, 2.05) is 18.2 Å². The van der Waals surface area contributed by atoms with Crippen molar-refractivity contribution in [2.75, 3.05) is 16.8 Å². The third-order valence-electron chi connectivity index (χ3n) is 3.85. The minimum atomic E-state index is 0.496. The molecule has 1 heterocycles. The number of para-hydroxylation sites is 1. The average Bonchev–Trinajstić information content (AvgIpc) is 2.60. The van der Waals surface area contributed by atoms with Gasteiger partial charge in [-0.1, -0.05) is 30.3 Å². The van der Waals surface area contributed by atoms with Crippen molar-refractivity contribution in [1.29, 1.82) is 0 Å². The fourth-order valence-corrected chi connectivity index (χ4v) is 2.55. The van der Waals surface area contributed by atoms with E-state index in [0.717, 1.165) is 29.3 Å². The number of nitrogens with one attached hydrogen (secondary N) is 1. The van der Waals surface area contributed by atoms with Crippen molar-refractivity contribution < 1.29 is 0 Å². The van der Waals surface area contributed by atoms with E-state index in [-0.39, 0.29) is 0 Å². The summed E-state index contributed by atoms with van der Waals surface area (Å²) in [4.78, 5) is 6.73. The van der Waals surface area contributed by atoms with Crippen LogP contribution in [0.5, 0.6) is 0 Å². The molecule has 0 aliphatic rings. The van der Waals surface area contributed by atoms with Crippen LogP contribution in [0.15, 0.2) is 54.7 Å². The van der Waals surface area contributed by atoms with Gasteiger partial charge >= 0.3 is 0 Å². The predicted molar refractivity (Wildman–Crippen MR) is 98.1 cm³/mol. The zero-order valence-electron chi connectivity index (χ0n) is 14.2. The lowest BCUT2D eigenvalue weighted by Crippen LogP contribution is -2.18. The molecule has 0 saturated heterocycles. The van der Waals surface area contributed by atoms with Gasteiger partial charge in [0.05, 0.1) is 6.20 Å². The first kappa shape index (κ1) is 15.9. The van der Waals surface area contributed by atoms with Crippen LogP contribution in [0.2, 0.25) is 0 Å².